The highest BCUT2D eigenvalue weighted by molar-refractivity contribution is 5.47. The lowest BCUT2D eigenvalue weighted by molar-refractivity contribution is -0.206. The first-order valence-electron chi connectivity index (χ1n) is 12.5. The van der Waals surface area contributed by atoms with E-state index in [2.05, 4.69) is 41.4 Å². The van der Waals surface area contributed by atoms with Crippen molar-refractivity contribution in [2.45, 2.75) is 49.8 Å². The van der Waals surface area contributed by atoms with Gasteiger partial charge in [0.05, 0.1) is 19.1 Å². The van der Waals surface area contributed by atoms with Crippen molar-refractivity contribution < 1.29 is 23.3 Å². The average Bonchev–Trinajstić information content (AvgIpc) is 3.58. The van der Waals surface area contributed by atoms with Crippen LogP contribution in [0.3, 0.4) is 0 Å². The minimum Gasteiger partial charge on any atom is -0.358 e. The maximum absolute atomic E-state index is 14.5. The van der Waals surface area contributed by atoms with Gasteiger partial charge < -0.3 is 18.9 Å². The maximum atomic E-state index is 14.5. The van der Waals surface area contributed by atoms with Crippen molar-refractivity contribution in [2.24, 2.45) is 0 Å². The molecule has 0 aliphatic carbocycles. The minimum absolute atomic E-state index is 0.187. The number of hydrogen-bond donors (Lipinski definition) is 0. The number of imidazole rings is 1. The van der Waals surface area contributed by atoms with Crippen LogP contribution in [0.1, 0.15) is 36.8 Å². The van der Waals surface area contributed by atoms with Crippen molar-refractivity contribution in [2.75, 3.05) is 6.61 Å². The van der Waals surface area contributed by atoms with Crippen LogP contribution in [0.15, 0.2) is 104 Å². The highest BCUT2D eigenvalue weighted by Crippen LogP contribution is 2.45. The van der Waals surface area contributed by atoms with Crippen LogP contribution in [0, 0.1) is 5.95 Å². The molecule has 3 aromatic carbocycles. The molecule has 2 saturated heterocycles. The van der Waals surface area contributed by atoms with E-state index in [-0.39, 0.29) is 6.61 Å². The number of aromatic nitrogens is 2. The van der Waals surface area contributed by atoms with Crippen LogP contribution in [-0.4, -0.2) is 40.3 Å². The fourth-order valence-electron chi connectivity index (χ4n) is 5.47. The van der Waals surface area contributed by atoms with Gasteiger partial charge in [-0.15, -0.1) is 0 Å². The molecule has 6 nitrogen and oxygen atoms in total. The molecule has 7 heteroatoms. The molecule has 190 valence electrons. The van der Waals surface area contributed by atoms with Gasteiger partial charge in [-0.3, -0.25) is 4.57 Å². The number of fused-ring (bicyclic) bond motifs is 1. The molecule has 0 spiro atoms. The Balaban J connectivity index is 1.40. The summed E-state index contributed by atoms with van der Waals surface area (Å²) in [5.41, 5.74) is 2.06. The number of nitrogens with zero attached hydrogens (tertiary/aromatic N) is 2. The average molecular weight is 501 g/mol. The minimum atomic E-state index is -0.907. The molecule has 2 aliphatic rings. The molecule has 1 aromatic heterocycles. The monoisotopic (exact) mass is 500 g/mol. The van der Waals surface area contributed by atoms with E-state index in [1.54, 1.807) is 0 Å². The summed E-state index contributed by atoms with van der Waals surface area (Å²) in [5, 5.41) is 0. The molecule has 6 rings (SSSR count). The third-order valence-electron chi connectivity index (χ3n) is 7.02. The molecular weight excluding hydrogens is 471 g/mol. The third kappa shape index (κ3) is 4.28. The Morgan fingerprint density at radius 1 is 0.838 bits per heavy atom. The molecular formula is C30H29FN2O4. The molecule has 3 heterocycles. The van der Waals surface area contributed by atoms with Crippen LogP contribution in [0.2, 0.25) is 0 Å². The molecule has 4 aromatic rings. The van der Waals surface area contributed by atoms with Crippen LogP contribution in [0.4, 0.5) is 4.39 Å². The van der Waals surface area contributed by atoms with E-state index in [1.165, 1.54) is 10.9 Å². The Morgan fingerprint density at radius 3 is 1.84 bits per heavy atom. The van der Waals surface area contributed by atoms with E-state index in [0.717, 1.165) is 22.9 Å². The summed E-state index contributed by atoms with van der Waals surface area (Å²) in [6.07, 6.45) is 0.399. The van der Waals surface area contributed by atoms with Gasteiger partial charge in [0.1, 0.15) is 23.9 Å². The quantitative estimate of drug-likeness (QED) is 0.316. The fourth-order valence-corrected chi connectivity index (χ4v) is 5.47. The van der Waals surface area contributed by atoms with Crippen molar-refractivity contribution in [1.29, 1.82) is 0 Å². The first kappa shape index (κ1) is 24.0. The molecule has 0 unspecified atom stereocenters. The molecule has 2 aliphatic heterocycles. The van der Waals surface area contributed by atoms with E-state index in [0.29, 0.717) is 0 Å². The van der Waals surface area contributed by atoms with Gasteiger partial charge in [0.2, 0.25) is 5.95 Å². The zero-order valence-electron chi connectivity index (χ0n) is 20.7. The van der Waals surface area contributed by atoms with Gasteiger partial charge in [0.15, 0.2) is 12.0 Å². The van der Waals surface area contributed by atoms with E-state index in [9.17, 15) is 4.39 Å². The molecule has 0 bridgehead atoms. The van der Waals surface area contributed by atoms with Crippen LogP contribution >= 0.6 is 0 Å². The van der Waals surface area contributed by atoms with Gasteiger partial charge in [-0.2, -0.15) is 4.39 Å². The number of benzene rings is 3. The van der Waals surface area contributed by atoms with Crippen LogP contribution in [-0.2, 0) is 24.5 Å². The SMILES string of the molecule is CC1(C)O[C@@H]2[C@H](O1)[C@@H](COC(c1ccccc1)(c1ccccc1)c1ccccc1)O[C@@H]2n1cncc1F. The normalized spacial score (nSPS) is 24.7. The standard InChI is InChI=1S/C30H29FN2O4/c1-29(2)36-26-24(35-28(27(26)37-29)33-20-32-18-25(33)31)19-34-30(21-12-6-3-7-13-21,22-14-8-4-9-15-22)23-16-10-5-11-17-23/h3-18,20,24,26-28H,19H2,1-2H3/t24-,26-,27-,28+/m1/s1. The Labute approximate surface area is 215 Å². The van der Waals surface area contributed by atoms with E-state index < -0.39 is 41.9 Å². The second-order valence-corrected chi connectivity index (χ2v) is 9.84. The molecule has 0 radical (unpaired) electrons. The highest BCUT2D eigenvalue weighted by Gasteiger charge is 2.56. The molecule has 0 amide bonds. The van der Waals surface area contributed by atoms with E-state index >= 15 is 0 Å². The van der Waals surface area contributed by atoms with Gasteiger partial charge in [-0.25, -0.2) is 4.98 Å². The Kier molecular flexibility index (Phi) is 6.16. The Morgan fingerprint density at radius 2 is 1.35 bits per heavy atom. The lowest BCUT2D eigenvalue weighted by atomic mass is 9.80. The first-order valence-corrected chi connectivity index (χ1v) is 12.5. The largest absolute Gasteiger partial charge is 0.358 e. The van der Waals surface area contributed by atoms with Gasteiger partial charge >= 0.3 is 0 Å². The lowest BCUT2D eigenvalue weighted by Crippen LogP contribution is -2.39. The van der Waals surface area contributed by atoms with Crippen LogP contribution in [0.5, 0.6) is 0 Å². The Bertz CT molecular complexity index is 1230. The van der Waals surface area contributed by atoms with Crippen molar-refractivity contribution in [3.8, 4) is 0 Å². The maximum Gasteiger partial charge on any atom is 0.215 e. The second-order valence-electron chi connectivity index (χ2n) is 9.84. The summed E-state index contributed by atoms with van der Waals surface area (Å²) in [6, 6.07) is 30.4. The lowest BCUT2D eigenvalue weighted by Gasteiger charge is -2.37. The summed E-state index contributed by atoms with van der Waals surface area (Å²) >= 11 is 0. The zero-order chi connectivity index (χ0) is 25.5. The topological polar surface area (TPSA) is 54.7 Å². The smallest absolute Gasteiger partial charge is 0.215 e. The van der Waals surface area contributed by atoms with Gasteiger partial charge in [-0.05, 0) is 30.5 Å². The van der Waals surface area contributed by atoms with Crippen molar-refractivity contribution in [1.82, 2.24) is 9.55 Å². The van der Waals surface area contributed by atoms with Gasteiger partial charge in [-0.1, -0.05) is 91.0 Å². The number of hydrogen-bond acceptors (Lipinski definition) is 5. The van der Waals surface area contributed by atoms with Gasteiger partial charge in [0, 0.05) is 0 Å². The second kappa shape index (κ2) is 9.50. The summed E-state index contributed by atoms with van der Waals surface area (Å²) in [7, 11) is 0. The zero-order valence-corrected chi connectivity index (χ0v) is 20.7. The third-order valence-corrected chi connectivity index (χ3v) is 7.02. The predicted molar refractivity (Wildman–Crippen MR) is 135 cm³/mol. The first-order chi connectivity index (χ1) is 18.0. The van der Waals surface area contributed by atoms with Gasteiger partial charge in [0.25, 0.3) is 0 Å². The van der Waals surface area contributed by atoms with E-state index in [4.69, 9.17) is 18.9 Å². The van der Waals surface area contributed by atoms with Crippen LogP contribution in [0.25, 0.3) is 0 Å². The molecule has 4 atom stereocenters. The van der Waals surface area contributed by atoms with Crippen molar-refractivity contribution in [3.05, 3.63) is 126 Å². The Hall–Kier alpha value is -3.36. The molecule has 0 N–H and O–H groups in total. The number of rotatable bonds is 7. The van der Waals surface area contributed by atoms with Crippen molar-refractivity contribution >= 4 is 0 Å². The van der Waals surface area contributed by atoms with Crippen LogP contribution < -0.4 is 0 Å². The summed E-state index contributed by atoms with van der Waals surface area (Å²) in [5.74, 6) is -1.33. The predicted octanol–water partition coefficient (Wildman–Crippen LogP) is 5.45. The summed E-state index contributed by atoms with van der Waals surface area (Å²) < 4.78 is 41.6. The molecule has 0 saturated carbocycles. The number of halogens is 1. The van der Waals surface area contributed by atoms with Crippen molar-refractivity contribution in [3.63, 3.8) is 0 Å². The molecule has 2 fully saturated rings. The van der Waals surface area contributed by atoms with E-state index in [1.807, 2.05) is 68.4 Å². The highest BCUT2D eigenvalue weighted by atomic mass is 19.1. The summed E-state index contributed by atoms with van der Waals surface area (Å²) in [4.78, 5) is 3.93. The number of ether oxygens (including phenoxy) is 4. The fraction of sp³-hybridized carbons (Fsp3) is 0.300. The summed E-state index contributed by atoms with van der Waals surface area (Å²) in [6.45, 7) is 3.89. The molecule has 37 heavy (non-hydrogen) atoms.